The van der Waals surface area contributed by atoms with E-state index in [0.717, 1.165) is 5.56 Å². The van der Waals surface area contributed by atoms with Gasteiger partial charge in [-0.05, 0) is 5.56 Å². The van der Waals surface area contributed by atoms with E-state index in [1.165, 1.54) is 0 Å². The van der Waals surface area contributed by atoms with Gasteiger partial charge in [0.25, 0.3) is 0 Å². The maximum atomic E-state index is 9.66. The van der Waals surface area contributed by atoms with E-state index in [9.17, 15) is 5.11 Å². The summed E-state index contributed by atoms with van der Waals surface area (Å²) in [7, 11) is 0. The average Bonchev–Trinajstić information content (AvgIpc) is 2.21. The van der Waals surface area contributed by atoms with Crippen LogP contribution in [0.25, 0.3) is 0 Å². The lowest BCUT2D eigenvalue weighted by Crippen LogP contribution is -2.20. The predicted octanol–water partition coefficient (Wildman–Crippen LogP) is 0.321. The zero-order valence-electron chi connectivity index (χ0n) is 7.30. The fourth-order valence-electron chi connectivity index (χ4n) is 1.18. The van der Waals surface area contributed by atoms with Crippen LogP contribution in [0.15, 0.2) is 30.3 Å². The van der Waals surface area contributed by atoms with Gasteiger partial charge in [0.1, 0.15) is 0 Å². The Labute approximate surface area is 77.3 Å². The van der Waals surface area contributed by atoms with Crippen molar-refractivity contribution in [3.05, 3.63) is 35.9 Å². The number of aliphatic hydroxyl groups is 3. The third-order valence-corrected chi connectivity index (χ3v) is 2.06. The number of hydrogen-bond acceptors (Lipinski definition) is 3. The summed E-state index contributed by atoms with van der Waals surface area (Å²) in [4.78, 5) is 0. The monoisotopic (exact) mass is 182 g/mol. The largest absolute Gasteiger partial charge is 0.396 e. The molecule has 0 fully saturated rings. The lowest BCUT2D eigenvalue weighted by molar-refractivity contribution is 0.0310. The summed E-state index contributed by atoms with van der Waals surface area (Å²) >= 11 is 0. The summed E-state index contributed by atoms with van der Waals surface area (Å²) in [5.74, 6) is -0.498. The molecule has 3 N–H and O–H groups in total. The molecule has 1 aromatic rings. The zero-order chi connectivity index (χ0) is 9.68. The number of aliphatic hydroxyl groups excluding tert-OH is 3. The van der Waals surface area contributed by atoms with Crippen LogP contribution in [0.2, 0.25) is 0 Å². The van der Waals surface area contributed by atoms with Crippen LogP contribution in [0.1, 0.15) is 11.7 Å². The summed E-state index contributed by atoms with van der Waals surface area (Å²) in [5.41, 5.74) is 0.718. The first-order valence-corrected chi connectivity index (χ1v) is 4.24. The van der Waals surface area contributed by atoms with E-state index >= 15 is 0 Å². The van der Waals surface area contributed by atoms with E-state index in [1.54, 1.807) is 12.1 Å². The van der Waals surface area contributed by atoms with Gasteiger partial charge in [0.2, 0.25) is 0 Å². The molecule has 0 aliphatic heterocycles. The van der Waals surface area contributed by atoms with Crippen LogP contribution in [0.3, 0.4) is 0 Å². The molecule has 0 radical (unpaired) electrons. The topological polar surface area (TPSA) is 60.7 Å². The quantitative estimate of drug-likeness (QED) is 0.628. The highest BCUT2D eigenvalue weighted by Crippen LogP contribution is 2.20. The highest BCUT2D eigenvalue weighted by atomic mass is 16.3. The Morgan fingerprint density at radius 2 is 1.54 bits per heavy atom. The van der Waals surface area contributed by atoms with E-state index in [1.807, 2.05) is 18.2 Å². The molecule has 0 aromatic heterocycles. The van der Waals surface area contributed by atoms with Crippen molar-refractivity contribution < 1.29 is 15.3 Å². The highest BCUT2D eigenvalue weighted by molar-refractivity contribution is 5.17. The molecule has 0 saturated heterocycles. The lowest BCUT2D eigenvalue weighted by Gasteiger charge is -2.18. The second-order valence-electron chi connectivity index (χ2n) is 2.98. The van der Waals surface area contributed by atoms with Gasteiger partial charge in [0, 0.05) is 5.92 Å². The molecular weight excluding hydrogens is 168 g/mol. The van der Waals surface area contributed by atoms with Gasteiger partial charge in [-0.25, -0.2) is 0 Å². The molecule has 0 saturated carbocycles. The van der Waals surface area contributed by atoms with Gasteiger partial charge >= 0.3 is 0 Å². The van der Waals surface area contributed by atoms with Gasteiger partial charge in [-0.2, -0.15) is 0 Å². The lowest BCUT2D eigenvalue weighted by atomic mass is 9.97. The molecule has 0 bridgehead atoms. The van der Waals surface area contributed by atoms with E-state index in [4.69, 9.17) is 10.2 Å². The van der Waals surface area contributed by atoms with Crippen molar-refractivity contribution in [3.63, 3.8) is 0 Å². The van der Waals surface area contributed by atoms with Crippen molar-refractivity contribution in [2.45, 2.75) is 6.10 Å². The summed E-state index contributed by atoms with van der Waals surface area (Å²) < 4.78 is 0. The SMILES string of the molecule is OCC(CO)C(O)c1ccccc1. The van der Waals surface area contributed by atoms with E-state index in [2.05, 4.69) is 0 Å². The van der Waals surface area contributed by atoms with Crippen molar-refractivity contribution in [1.82, 2.24) is 0 Å². The molecular formula is C10H14O3. The standard InChI is InChI=1S/C10H14O3/c11-6-9(7-12)10(13)8-4-2-1-3-5-8/h1-5,9-13H,6-7H2. The van der Waals surface area contributed by atoms with Crippen LogP contribution in [-0.2, 0) is 0 Å². The summed E-state index contributed by atoms with van der Waals surface area (Å²) in [6.45, 7) is -0.431. The van der Waals surface area contributed by atoms with Crippen LogP contribution < -0.4 is 0 Å². The summed E-state index contributed by atoms with van der Waals surface area (Å²) in [6.07, 6.45) is -0.795. The molecule has 0 aliphatic rings. The fraction of sp³-hybridized carbons (Fsp3) is 0.400. The molecule has 0 aliphatic carbocycles. The Kier molecular flexibility index (Phi) is 3.89. The third kappa shape index (κ3) is 2.52. The van der Waals surface area contributed by atoms with Crippen LogP contribution in [0, 0.1) is 5.92 Å². The first-order chi connectivity index (χ1) is 6.29. The Balaban J connectivity index is 2.72. The van der Waals surface area contributed by atoms with Crippen LogP contribution in [-0.4, -0.2) is 28.5 Å². The van der Waals surface area contributed by atoms with Gasteiger partial charge in [-0.1, -0.05) is 30.3 Å². The Morgan fingerprint density at radius 3 is 2.00 bits per heavy atom. The maximum Gasteiger partial charge on any atom is 0.0862 e. The molecule has 72 valence electrons. The molecule has 1 aromatic carbocycles. The maximum absolute atomic E-state index is 9.66. The second-order valence-corrected chi connectivity index (χ2v) is 2.98. The molecule has 3 nitrogen and oxygen atoms in total. The molecule has 0 amide bonds. The van der Waals surface area contributed by atoms with Gasteiger partial charge < -0.3 is 15.3 Å². The van der Waals surface area contributed by atoms with Gasteiger partial charge in [-0.15, -0.1) is 0 Å². The van der Waals surface area contributed by atoms with Crippen LogP contribution >= 0.6 is 0 Å². The minimum atomic E-state index is -0.795. The van der Waals surface area contributed by atoms with Crippen LogP contribution in [0.5, 0.6) is 0 Å². The Morgan fingerprint density at radius 1 is 1.00 bits per heavy atom. The van der Waals surface area contributed by atoms with Crippen molar-refractivity contribution in [2.24, 2.45) is 5.92 Å². The fourth-order valence-corrected chi connectivity index (χ4v) is 1.18. The average molecular weight is 182 g/mol. The number of hydrogen-bond donors (Lipinski definition) is 3. The van der Waals surface area contributed by atoms with Crippen molar-refractivity contribution >= 4 is 0 Å². The number of benzene rings is 1. The van der Waals surface area contributed by atoms with Gasteiger partial charge in [0.15, 0.2) is 0 Å². The van der Waals surface area contributed by atoms with Gasteiger partial charge in [0.05, 0.1) is 19.3 Å². The normalized spacial score (nSPS) is 13.2. The predicted molar refractivity (Wildman–Crippen MR) is 49.1 cm³/mol. The molecule has 1 unspecified atom stereocenters. The molecule has 0 heterocycles. The molecule has 1 rings (SSSR count). The zero-order valence-corrected chi connectivity index (χ0v) is 7.30. The first-order valence-electron chi connectivity index (χ1n) is 4.24. The Bertz CT molecular complexity index is 231. The minimum Gasteiger partial charge on any atom is -0.396 e. The molecule has 13 heavy (non-hydrogen) atoms. The molecule has 0 spiro atoms. The van der Waals surface area contributed by atoms with Crippen molar-refractivity contribution in [1.29, 1.82) is 0 Å². The highest BCUT2D eigenvalue weighted by Gasteiger charge is 2.18. The Hall–Kier alpha value is -0.900. The second kappa shape index (κ2) is 4.97. The van der Waals surface area contributed by atoms with Crippen LogP contribution in [0.4, 0.5) is 0 Å². The molecule has 3 heteroatoms. The van der Waals surface area contributed by atoms with Crippen molar-refractivity contribution in [2.75, 3.05) is 13.2 Å². The van der Waals surface area contributed by atoms with Gasteiger partial charge in [-0.3, -0.25) is 0 Å². The van der Waals surface area contributed by atoms with E-state index < -0.39 is 12.0 Å². The van der Waals surface area contributed by atoms with Crippen molar-refractivity contribution in [3.8, 4) is 0 Å². The third-order valence-electron chi connectivity index (χ3n) is 2.06. The summed E-state index contributed by atoms with van der Waals surface area (Å²) in [6, 6.07) is 9.00. The van der Waals surface area contributed by atoms with E-state index in [0.29, 0.717) is 0 Å². The summed E-state index contributed by atoms with van der Waals surface area (Å²) in [5, 5.41) is 27.3. The number of rotatable bonds is 4. The minimum absolute atomic E-state index is 0.216. The smallest absolute Gasteiger partial charge is 0.0862 e. The first kappa shape index (κ1) is 10.2. The molecule has 1 atom stereocenters. The van der Waals surface area contributed by atoms with E-state index in [-0.39, 0.29) is 13.2 Å².